The van der Waals surface area contributed by atoms with E-state index in [0.29, 0.717) is 17.9 Å². The van der Waals surface area contributed by atoms with Gasteiger partial charge in [-0.1, -0.05) is 37.6 Å². The van der Waals surface area contributed by atoms with Crippen molar-refractivity contribution in [3.05, 3.63) is 59.2 Å². The largest absolute Gasteiger partial charge is 0.496 e. The van der Waals surface area contributed by atoms with Crippen LogP contribution in [0.25, 0.3) is 0 Å². The molecule has 2 aromatic carbocycles. The van der Waals surface area contributed by atoms with Crippen LogP contribution in [0.4, 0.5) is 18.9 Å². The average Bonchev–Trinajstić information content (AvgIpc) is 2.82. The van der Waals surface area contributed by atoms with Gasteiger partial charge in [0.2, 0.25) is 0 Å². The van der Waals surface area contributed by atoms with Crippen molar-refractivity contribution < 1.29 is 22.7 Å². The van der Waals surface area contributed by atoms with Gasteiger partial charge in [0.1, 0.15) is 12.0 Å². The molecule has 3 rings (SSSR count). The van der Waals surface area contributed by atoms with E-state index in [1.54, 1.807) is 19.2 Å². The van der Waals surface area contributed by atoms with Gasteiger partial charge in [-0.15, -0.1) is 0 Å². The molecule has 1 heterocycles. The summed E-state index contributed by atoms with van der Waals surface area (Å²) in [7, 11) is 1.54. The van der Waals surface area contributed by atoms with E-state index in [-0.39, 0.29) is 23.8 Å². The minimum Gasteiger partial charge on any atom is -0.496 e. The Morgan fingerprint density at radius 2 is 1.93 bits per heavy atom. The van der Waals surface area contributed by atoms with Gasteiger partial charge in [-0.2, -0.15) is 13.2 Å². The molecule has 6 heteroatoms. The zero-order valence-corrected chi connectivity index (χ0v) is 15.2. The first-order valence-electron chi connectivity index (χ1n) is 8.94. The number of ether oxygens (including phenoxy) is 1. The molecule has 27 heavy (non-hydrogen) atoms. The van der Waals surface area contributed by atoms with Crippen LogP contribution in [0, 0.1) is 5.92 Å². The molecule has 2 aromatic rings. The third kappa shape index (κ3) is 3.66. The van der Waals surface area contributed by atoms with Crippen LogP contribution in [0.3, 0.4) is 0 Å². The fourth-order valence-electron chi connectivity index (χ4n) is 4.10. The van der Waals surface area contributed by atoms with Crippen molar-refractivity contribution in [3.8, 4) is 5.75 Å². The van der Waals surface area contributed by atoms with E-state index >= 15 is 0 Å². The van der Waals surface area contributed by atoms with Crippen molar-refractivity contribution in [1.82, 2.24) is 0 Å². The lowest BCUT2D eigenvalue weighted by Crippen LogP contribution is -2.33. The van der Waals surface area contributed by atoms with E-state index in [1.807, 2.05) is 25.1 Å². The Labute approximate surface area is 156 Å². The number of carbonyl (C=O) groups excluding carboxylic acids is 1. The summed E-state index contributed by atoms with van der Waals surface area (Å²) in [6.07, 6.45) is -2.83. The number of para-hydroxylation sites is 1. The van der Waals surface area contributed by atoms with Crippen molar-refractivity contribution in [2.75, 3.05) is 12.4 Å². The quantitative estimate of drug-likeness (QED) is 0.757. The van der Waals surface area contributed by atoms with E-state index in [1.165, 1.54) is 6.07 Å². The molecule has 1 aliphatic heterocycles. The zero-order chi connectivity index (χ0) is 19.6. The monoisotopic (exact) mass is 377 g/mol. The minimum atomic E-state index is -4.46. The van der Waals surface area contributed by atoms with Gasteiger partial charge in [0.25, 0.3) is 0 Å². The zero-order valence-electron chi connectivity index (χ0n) is 15.2. The van der Waals surface area contributed by atoms with Crippen LogP contribution in [0.15, 0.2) is 42.5 Å². The first kappa shape index (κ1) is 19.3. The molecule has 3 atom stereocenters. The summed E-state index contributed by atoms with van der Waals surface area (Å²) in [5.74, 6) is 0.185. The fraction of sp³-hybridized carbons (Fsp3) is 0.381. The van der Waals surface area contributed by atoms with E-state index in [9.17, 15) is 18.0 Å². The summed E-state index contributed by atoms with van der Waals surface area (Å²) in [5.41, 5.74) is 0.737. The molecule has 0 saturated carbocycles. The Morgan fingerprint density at radius 1 is 1.19 bits per heavy atom. The normalized spacial score (nSPS) is 22.3. The Bertz CT molecular complexity index is 819. The molecule has 0 radical (unpaired) electrons. The number of hydrogen-bond acceptors (Lipinski definition) is 3. The number of rotatable bonds is 4. The van der Waals surface area contributed by atoms with Crippen LogP contribution in [-0.4, -0.2) is 19.4 Å². The van der Waals surface area contributed by atoms with Crippen molar-refractivity contribution in [1.29, 1.82) is 0 Å². The third-order valence-electron chi connectivity index (χ3n) is 5.36. The highest BCUT2D eigenvalue weighted by Gasteiger charge is 2.40. The van der Waals surface area contributed by atoms with Crippen LogP contribution in [0.2, 0.25) is 0 Å². The summed E-state index contributed by atoms with van der Waals surface area (Å²) in [6.45, 7) is 1.95. The maximum atomic E-state index is 13.6. The number of carbonyl (C=O) groups is 1. The lowest BCUT2D eigenvalue weighted by atomic mass is 9.77. The lowest BCUT2D eigenvalue weighted by molar-refractivity contribution is -0.138. The number of halogens is 3. The highest BCUT2D eigenvalue weighted by molar-refractivity contribution is 5.69. The van der Waals surface area contributed by atoms with Crippen molar-refractivity contribution in [2.45, 2.75) is 37.9 Å². The molecular weight excluding hydrogens is 355 g/mol. The smallest absolute Gasteiger partial charge is 0.416 e. The second-order valence-corrected chi connectivity index (χ2v) is 6.76. The van der Waals surface area contributed by atoms with Gasteiger partial charge < -0.3 is 14.8 Å². The van der Waals surface area contributed by atoms with E-state index in [4.69, 9.17) is 4.74 Å². The number of nitrogens with one attached hydrogen (secondary N) is 1. The first-order valence-corrected chi connectivity index (χ1v) is 8.94. The number of alkyl halides is 3. The van der Waals surface area contributed by atoms with Crippen molar-refractivity contribution >= 4 is 12.0 Å². The van der Waals surface area contributed by atoms with Crippen LogP contribution in [0.5, 0.6) is 5.75 Å². The summed E-state index contributed by atoms with van der Waals surface area (Å²) in [5, 5.41) is 3.05. The molecule has 0 aromatic heterocycles. The second kappa shape index (κ2) is 7.62. The molecule has 0 fully saturated rings. The number of fused-ring (bicyclic) bond motifs is 1. The Kier molecular flexibility index (Phi) is 5.44. The summed E-state index contributed by atoms with van der Waals surface area (Å²) in [6, 6.07) is 10.8. The number of aldehydes is 1. The highest BCUT2D eigenvalue weighted by Crippen LogP contribution is 2.45. The average molecular weight is 377 g/mol. The van der Waals surface area contributed by atoms with E-state index in [2.05, 4.69) is 5.32 Å². The Balaban J connectivity index is 2.20. The molecule has 0 spiro atoms. The number of benzene rings is 2. The van der Waals surface area contributed by atoms with Gasteiger partial charge in [-0.05, 0) is 47.6 Å². The molecule has 0 saturated heterocycles. The Hall–Kier alpha value is -2.50. The van der Waals surface area contributed by atoms with Gasteiger partial charge in [-0.3, -0.25) is 0 Å². The Morgan fingerprint density at radius 3 is 2.56 bits per heavy atom. The van der Waals surface area contributed by atoms with Gasteiger partial charge in [0.05, 0.1) is 18.7 Å². The van der Waals surface area contributed by atoms with Gasteiger partial charge in [0.15, 0.2) is 0 Å². The first-order chi connectivity index (χ1) is 12.9. The fourth-order valence-corrected chi connectivity index (χ4v) is 4.10. The molecule has 144 valence electrons. The molecule has 1 N–H and O–H groups in total. The van der Waals surface area contributed by atoms with E-state index in [0.717, 1.165) is 17.9 Å². The molecule has 1 aliphatic rings. The second-order valence-electron chi connectivity index (χ2n) is 6.76. The SMILES string of the molecule is CCC1C(C=O)Nc2cccc(C(F)(F)F)c2CC1c1ccccc1OC. The van der Waals surface area contributed by atoms with Crippen LogP contribution in [0.1, 0.15) is 36.0 Å². The van der Waals surface area contributed by atoms with Crippen molar-refractivity contribution in [2.24, 2.45) is 5.92 Å². The molecule has 0 aliphatic carbocycles. The molecule has 0 bridgehead atoms. The predicted molar refractivity (Wildman–Crippen MR) is 98.1 cm³/mol. The van der Waals surface area contributed by atoms with Gasteiger partial charge in [-0.25, -0.2) is 0 Å². The summed E-state index contributed by atoms with van der Waals surface area (Å²) >= 11 is 0. The molecular formula is C21H22F3NO2. The van der Waals surface area contributed by atoms with Crippen LogP contribution >= 0.6 is 0 Å². The minimum absolute atomic E-state index is 0.160. The molecule has 0 amide bonds. The van der Waals surface area contributed by atoms with Crippen LogP contribution < -0.4 is 10.1 Å². The van der Waals surface area contributed by atoms with E-state index < -0.39 is 17.8 Å². The number of methoxy groups -OCH3 is 1. The summed E-state index contributed by atoms with van der Waals surface area (Å²) < 4.78 is 46.3. The molecule has 3 nitrogen and oxygen atoms in total. The highest BCUT2D eigenvalue weighted by atomic mass is 19.4. The number of anilines is 1. The van der Waals surface area contributed by atoms with Gasteiger partial charge in [0, 0.05) is 5.69 Å². The van der Waals surface area contributed by atoms with Crippen LogP contribution in [-0.2, 0) is 17.4 Å². The topological polar surface area (TPSA) is 38.3 Å². The maximum absolute atomic E-state index is 13.6. The third-order valence-corrected chi connectivity index (χ3v) is 5.36. The number of hydrogen-bond donors (Lipinski definition) is 1. The predicted octanol–water partition coefficient (Wildman–Crippen LogP) is 5.06. The standard InChI is InChI=1S/C21H22F3NO2/c1-3-13-15(14-7-4-5-10-20(14)27-2)11-16-17(21(22,23)24)8-6-9-18(16)25-19(13)12-26/h4-10,12-13,15,19,25H,3,11H2,1-2H3. The van der Waals surface area contributed by atoms with Gasteiger partial charge >= 0.3 is 6.18 Å². The van der Waals surface area contributed by atoms with Crippen molar-refractivity contribution in [3.63, 3.8) is 0 Å². The maximum Gasteiger partial charge on any atom is 0.416 e. The lowest BCUT2D eigenvalue weighted by Gasteiger charge is -2.29. The molecule has 3 unspecified atom stereocenters. The summed E-state index contributed by atoms with van der Waals surface area (Å²) in [4.78, 5) is 11.8.